The Morgan fingerprint density at radius 2 is 0.396 bits per heavy atom. The summed E-state index contributed by atoms with van der Waals surface area (Å²) in [7, 11) is 0. The van der Waals surface area contributed by atoms with Crippen LogP contribution in [0.3, 0.4) is 0 Å². The molecule has 15 rings (SSSR count). The Morgan fingerprint density at radius 3 is 0.568 bits per heavy atom. The van der Waals surface area contributed by atoms with Gasteiger partial charge >= 0.3 is 17.9 Å². The maximum atomic E-state index is 14.3. The summed E-state index contributed by atoms with van der Waals surface area (Å²) >= 11 is 0. The second kappa shape index (κ2) is 32.3. The topological polar surface area (TPSA) is 88.6 Å². The highest BCUT2D eigenvalue weighted by atomic mass is 16.5. The zero-order valence-corrected chi connectivity index (χ0v) is 63.1. The first-order valence-electron chi connectivity index (χ1n) is 37.5. The maximum absolute atomic E-state index is 14.3. The first kappa shape index (κ1) is 72.7. The number of para-hydroxylation sites is 6. The number of ether oxygens (including phenoxy) is 3. The lowest BCUT2D eigenvalue weighted by Crippen LogP contribution is -2.30. The lowest BCUT2D eigenvalue weighted by molar-refractivity contribution is 0.0723. The summed E-state index contributed by atoms with van der Waals surface area (Å²) in [5.74, 6) is -0.00453. The molecule has 0 saturated heterocycles. The normalized spacial score (nSPS) is 11.2. The van der Waals surface area contributed by atoms with Crippen molar-refractivity contribution in [2.24, 2.45) is 0 Å². The third kappa shape index (κ3) is 15.4. The molecule has 0 atom stereocenters. The summed E-state index contributed by atoms with van der Waals surface area (Å²) in [5, 5.41) is 0. The molecule has 0 aliphatic heterocycles. The Bertz CT molecular complexity index is 5030. The van der Waals surface area contributed by atoms with Crippen molar-refractivity contribution in [3.05, 3.63) is 431 Å². The van der Waals surface area contributed by atoms with Crippen molar-refractivity contribution in [1.82, 2.24) is 0 Å². The molecule has 0 N–H and O–H groups in total. The van der Waals surface area contributed by atoms with E-state index in [9.17, 15) is 14.4 Å². The predicted octanol–water partition coefficient (Wildman–Crippen LogP) is 26.3. The molecule has 111 heavy (non-hydrogen) atoms. The van der Waals surface area contributed by atoms with E-state index in [1.165, 1.54) is 0 Å². The molecule has 0 saturated carbocycles. The van der Waals surface area contributed by atoms with E-state index in [0.717, 1.165) is 135 Å². The highest BCUT2D eigenvalue weighted by molar-refractivity contribution is 5.94. The smallest absolute Gasteiger partial charge is 0.343 e. The standard InChI is InChI=1S/C102H83N3O6/c1-8-102(84-63-69(2)96(70(3)64-84)109-99(106)81-45-39-75(40-46-81)78-51-57-93(58-52-78)103(87-27-15-9-16-28-87)88-29-17-10-18-30-88,85-65-71(4)97(72(5)66-85)110-100(107)82-47-41-76(42-48-82)79-53-59-94(60-54-79)104(89-31-19-11-20-32-89)90-33-21-12-22-34-90)86-67-73(6)98(74(7)68-86)111-101(108)83-49-43-77(44-50-83)80-55-61-95(62-56-80)105(91-35-23-13-24-36-91)92-37-25-14-26-38-92/h9-68H,8H2,1-7H3. The van der Waals surface area contributed by atoms with E-state index in [1.807, 2.05) is 224 Å². The monoisotopic (exact) mass is 1450 g/mol. The van der Waals surface area contributed by atoms with Crippen LogP contribution in [0, 0.1) is 41.5 Å². The molecule has 0 fully saturated rings. The molecule has 15 aromatic carbocycles. The fourth-order valence-corrected chi connectivity index (χ4v) is 15.2. The van der Waals surface area contributed by atoms with Gasteiger partial charge < -0.3 is 28.9 Å². The highest BCUT2D eigenvalue weighted by Crippen LogP contribution is 2.49. The molecule has 9 heteroatoms. The van der Waals surface area contributed by atoms with E-state index in [-0.39, 0.29) is 0 Å². The van der Waals surface area contributed by atoms with E-state index in [2.05, 4.69) is 204 Å². The molecular formula is C102H83N3O6. The number of hydrogen-bond donors (Lipinski definition) is 0. The Morgan fingerprint density at radius 1 is 0.234 bits per heavy atom. The summed E-state index contributed by atoms with van der Waals surface area (Å²) in [6.45, 7) is 14.0. The molecule has 0 bridgehead atoms. The summed E-state index contributed by atoms with van der Waals surface area (Å²) in [6.07, 6.45) is 0.579. The number of carbonyl (C=O) groups is 3. The molecule has 0 unspecified atom stereocenters. The van der Waals surface area contributed by atoms with E-state index in [4.69, 9.17) is 14.2 Å². The van der Waals surface area contributed by atoms with E-state index in [0.29, 0.717) is 40.4 Å². The van der Waals surface area contributed by atoms with Crippen LogP contribution in [0.15, 0.2) is 364 Å². The van der Waals surface area contributed by atoms with E-state index < -0.39 is 23.3 Å². The van der Waals surface area contributed by atoms with Gasteiger partial charge in [0.05, 0.1) is 16.7 Å². The molecule has 542 valence electrons. The number of esters is 3. The van der Waals surface area contributed by atoms with Crippen molar-refractivity contribution >= 4 is 69.1 Å². The third-order valence-corrected chi connectivity index (χ3v) is 20.8. The number of hydrogen-bond acceptors (Lipinski definition) is 9. The number of rotatable bonds is 22. The van der Waals surface area contributed by atoms with Crippen molar-refractivity contribution in [2.75, 3.05) is 14.7 Å². The molecule has 0 radical (unpaired) electrons. The fourth-order valence-electron chi connectivity index (χ4n) is 15.2. The zero-order chi connectivity index (χ0) is 76.5. The Balaban J connectivity index is 0.700. The largest absolute Gasteiger partial charge is 0.422 e. The van der Waals surface area contributed by atoms with Crippen LogP contribution in [0.1, 0.15) is 94.5 Å². The highest BCUT2D eigenvalue weighted by Gasteiger charge is 2.38. The molecule has 0 amide bonds. The number of benzene rings is 15. The van der Waals surface area contributed by atoms with Crippen LogP contribution in [0.5, 0.6) is 17.2 Å². The molecular weight excluding hydrogens is 1360 g/mol. The van der Waals surface area contributed by atoms with Crippen LogP contribution in [-0.2, 0) is 5.41 Å². The molecule has 0 spiro atoms. The molecule has 0 aliphatic rings. The van der Waals surface area contributed by atoms with Crippen LogP contribution in [-0.4, -0.2) is 17.9 Å². The second-order valence-electron chi connectivity index (χ2n) is 28.1. The van der Waals surface area contributed by atoms with Crippen LogP contribution in [0.25, 0.3) is 33.4 Å². The molecule has 0 heterocycles. The van der Waals surface area contributed by atoms with Crippen molar-refractivity contribution in [3.63, 3.8) is 0 Å². The summed E-state index contributed by atoms with van der Waals surface area (Å²) in [4.78, 5) is 49.7. The van der Waals surface area contributed by atoms with E-state index in [1.54, 1.807) is 0 Å². The van der Waals surface area contributed by atoms with Gasteiger partial charge in [-0.3, -0.25) is 0 Å². The minimum Gasteiger partial charge on any atom is -0.422 e. The lowest BCUT2D eigenvalue weighted by Gasteiger charge is -2.37. The number of aryl methyl sites for hydroxylation is 6. The van der Waals surface area contributed by atoms with Gasteiger partial charge in [0.1, 0.15) is 17.2 Å². The predicted molar refractivity (Wildman–Crippen MR) is 452 cm³/mol. The minimum absolute atomic E-state index is 0.418. The Labute approximate surface area is 650 Å². The van der Waals surface area contributed by atoms with Crippen molar-refractivity contribution in [2.45, 2.75) is 60.3 Å². The average molecular weight is 1450 g/mol. The average Bonchev–Trinajstić information content (AvgIpc) is 0.733. The van der Waals surface area contributed by atoms with Gasteiger partial charge in [-0.05, 0) is 277 Å². The van der Waals surface area contributed by atoms with Crippen LogP contribution < -0.4 is 28.9 Å². The number of anilines is 9. The maximum Gasteiger partial charge on any atom is 0.343 e. The summed E-state index contributed by atoms with van der Waals surface area (Å²) < 4.78 is 19.2. The minimum atomic E-state index is -0.853. The van der Waals surface area contributed by atoms with Crippen LogP contribution >= 0.6 is 0 Å². The third-order valence-electron chi connectivity index (χ3n) is 20.8. The molecule has 0 aliphatic carbocycles. The molecule has 15 aromatic rings. The van der Waals surface area contributed by atoms with Gasteiger partial charge in [0.25, 0.3) is 0 Å². The Kier molecular flexibility index (Phi) is 21.1. The summed E-state index contributed by atoms with van der Waals surface area (Å²) in [6, 6.07) is 123. The van der Waals surface area contributed by atoms with Crippen LogP contribution in [0.4, 0.5) is 51.2 Å². The number of nitrogens with zero attached hydrogens (tertiary/aromatic N) is 3. The quantitative estimate of drug-likeness (QED) is 0.0374. The molecule has 0 aromatic heterocycles. The van der Waals surface area contributed by atoms with Crippen molar-refractivity contribution in [1.29, 1.82) is 0 Å². The second-order valence-corrected chi connectivity index (χ2v) is 28.1. The Hall–Kier alpha value is -13.9. The van der Waals surface area contributed by atoms with Gasteiger partial charge in [-0.15, -0.1) is 0 Å². The van der Waals surface area contributed by atoms with Gasteiger partial charge in [0.15, 0.2) is 0 Å². The van der Waals surface area contributed by atoms with Crippen LogP contribution in [0.2, 0.25) is 0 Å². The lowest BCUT2D eigenvalue weighted by atomic mass is 9.66. The fraction of sp³-hybridized carbons (Fsp3) is 0.0882. The van der Waals surface area contributed by atoms with Gasteiger partial charge in [-0.1, -0.05) is 225 Å². The first-order chi connectivity index (χ1) is 54.2. The SMILES string of the molecule is CCC(c1cc(C)c(OC(=O)c2ccc(-c3ccc(N(c4ccccc4)c4ccccc4)cc3)cc2)c(C)c1)(c1cc(C)c(OC(=O)c2ccc(-c3ccc(N(c4ccccc4)c4ccccc4)cc3)cc2)c(C)c1)c1cc(C)c(OC(=O)c2ccc(-c3ccc(N(c4ccccc4)c4ccccc4)cc3)cc2)c(C)c1. The van der Waals surface area contributed by atoms with Gasteiger partial charge in [0, 0.05) is 56.6 Å². The van der Waals surface area contributed by atoms with Gasteiger partial charge in [0.2, 0.25) is 0 Å². The van der Waals surface area contributed by atoms with Crippen molar-refractivity contribution in [3.8, 4) is 50.6 Å². The van der Waals surface area contributed by atoms with Crippen molar-refractivity contribution < 1.29 is 28.6 Å². The molecule has 9 nitrogen and oxygen atoms in total. The zero-order valence-electron chi connectivity index (χ0n) is 63.1. The number of carbonyl (C=O) groups excluding carboxylic acids is 3. The first-order valence-corrected chi connectivity index (χ1v) is 37.5. The van der Waals surface area contributed by atoms with Gasteiger partial charge in [-0.2, -0.15) is 0 Å². The van der Waals surface area contributed by atoms with Gasteiger partial charge in [-0.25, -0.2) is 14.4 Å². The summed E-state index contributed by atoms with van der Waals surface area (Å²) in [5.41, 5.74) is 23.2. The van der Waals surface area contributed by atoms with E-state index >= 15 is 0 Å².